The van der Waals surface area contributed by atoms with E-state index in [0.29, 0.717) is 26.9 Å². The lowest BCUT2D eigenvalue weighted by Crippen LogP contribution is -2.30. The Balaban J connectivity index is 1.72. The van der Waals surface area contributed by atoms with Crippen LogP contribution in [0.1, 0.15) is 11.1 Å². The number of carbonyl (C=O) groups excluding carboxylic acids is 3. The van der Waals surface area contributed by atoms with Gasteiger partial charge in [-0.25, -0.2) is 4.79 Å². The summed E-state index contributed by atoms with van der Waals surface area (Å²) in [5.74, 6) is -0.585. The normalized spacial score (nSPS) is 15.1. The zero-order valence-electron chi connectivity index (χ0n) is 14.4. The molecule has 7 nitrogen and oxygen atoms in total. The monoisotopic (exact) mass is 419 g/mol. The highest BCUT2D eigenvalue weighted by Crippen LogP contribution is 2.24. The molecule has 3 rings (SSSR count). The van der Waals surface area contributed by atoms with Crippen LogP contribution in [0.4, 0.5) is 4.79 Å². The third-order valence-corrected chi connectivity index (χ3v) is 4.47. The second-order valence-corrected chi connectivity index (χ2v) is 6.78. The van der Waals surface area contributed by atoms with Gasteiger partial charge in [0.1, 0.15) is 11.4 Å². The molecule has 0 aromatic heterocycles. The molecular formula is C19H15Cl2N3O4. The van der Waals surface area contributed by atoms with E-state index in [1.165, 1.54) is 0 Å². The topological polar surface area (TPSA) is 102 Å². The Bertz CT molecular complexity index is 974. The van der Waals surface area contributed by atoms with E-state index in [-0.39, 0.29) is 18.8 Å². The Kier molecular flexibility index (Phi) is 5.87. The molecule has 1 aliphatic rings. The molecule has 0 saturated carbocycles. The molecule has 0 unspecified atom stereocenters. The van der Waals surface area contributed by atoms with Crippen LogP contribution in [-0.2, 0) is 16.1 Å². The number of nitrogens with two attached hydrogens (primary N) is 1. The number of primary amides is 1. The third-order valence-electron chi connectivity index (χ3n) is 3.88. The summed E-state index contributed by atoms with van der Waals surface area (Å²) in [6.45, 7) is -0.199. The minimum Gasteiger partial charge on any atom is -0.484 e. The first-order chi connectivity index (χ1) is 13.3. The highest BCUT2D eigenvalue weighted by molar-refractivity contribution is 6.35. The van der Waals surface area contributed by atoms with Crippen molar-refractivity contribution in [3.05, 3.63) is 69.3 Å². The number of halogens is 2. The quantitative estimate of drug-likeness (QED) is 0.554. The third kappa shape index (κ3) is 4.62. The number of nitrogens with zero attached hydrogens (tertiary/aromatic N) is 1. The summed E-state index contributed by atoms with van der Waals surface area (Å²) < 4.78 is 5.17. The molecule has 144 valence electrons. The molecule has 0 atom stereocenters. The molecule has 2 aromatic rings. The van der Waals surface area contributed by atoms with Crippen molar-refractivity contribution in [3.63, 3.8) is 0 Å². The molecule has 1 heterocycles. The molecule has 0 bridgehead atoms. The standard InChI is InChI=1S/C19H15Cl2N3O4/c20-13-4-3-12(15(21)8-13)9-24-18(26)16(23-19(24)27)7-11-1-5-14(6-2-11)28-10-17(22)25/h1-8H,9-10H2,(H2,22,25)(H,23,27)/b16-7-. The minimum atomic E-state index is -0.577. The molecule has 9 heteroatoms. The van der Waals surface area contributed by atoms with E-state index in [1.54, 1.807) is 48.5 Å². The lowest BCUT2D eigenvalue weighted by Gasteiger charge is -2.13. The molecule has 3 N–H and O–H groups in total. The first-order valence-electron chi connectivity index (χ1n) is 8.13. The summed E-state index contributed by atoms with van der Waals surface area (Å²) in [5, 5.41) is 3.38. The molecule has 1 saturated heterocycles. The van der Waals surface area contributed by atoms with Crippen molar-refractivity contribution in [2.75, 3.05) is 6.61 Å². The van der Waals surface area contributed by atoms with Crippen molar-refractivity contribution in [3.8, 4) is 5.75 Å². The van der Waals surface area contributed by atoms with Crippen LogP contribution in [0.25, 0.3) is 6.08 Å². The maximum Gasteiger partial charge on any atom is 0.329 e. The van der Waals surface area contributed by atoms with Gasteiger partial charge in [0.05, 0.1) is 6.54 Å². The lowest BCUT2D eigenvalue weighted by molar-refractivity contribution is -0.123. The average Bonchev–Trinajstić information content (AvgIpc) is 2.90. The van der Waals surface area contributed by atoms with Gasteiger partial charge in [-0.1, -0.05) is 41.4 Å². The summed E-state index contributed by atoms with van der Waals surface area (Å²) in [5.41, 5.74) is 6.43. The van der Waals surface area contributed by atoms with Crippen molar-refractivity contribution in [1.82, 2.24) is 10.2 Å². The summed E-state index contributed by atoms with van der Waals surface area (Å²) in [7, 11) is 0. The van der Waals surface area contributed by atoms with Crippen molar-refractivity contribution in [2.45, 2.75) is 6.54 Å². The summed E-state index contributed by atoms with van der Waals surface area (Å²) in [6.07, 6.45) is 1.54. The summed E-state index contributed by atoms with van der Waals surface area (Å²) >= 11 is 12.0. The van der Waals surface area contributed by atoms with Crippen LogP contribution in [0.3, 0.4) is 0 Å². The number of amides is 4. The average molecular weight is 420 g/mol. The van der Waals surface area contributed by atoms with Gasteiger partial charge in [-0.2, -0.15) is 0 Å². The number of urea groups is 1. The van der Waals surface area contributed by atoms with E-state index >= 15 is 0 Å². The number of hydrogen-bond acceptors (Lipinski definition) is 4. The molecule has 1 aliphatic heterocycles. The van der Waals surface area contributed by atoms with Gasteiger partial charge in [-0.3, -0.25) is 14.5 Å². The van der Waals surface area contributed by atoms with Crippen LogP contribution >= 0.6 is 23.2 Å². The predicted octanol–water partition coefficient (Wildman–Crippen LogP) is 2.95. The number of benzene rings is 2. The van der Waals surface area contributed by atoms with Gasteiger partial charge in [0.2, 0.25) is 0 Å². The fourth-order valence-electron chi connectivity index (χ4n) is 2.52. The molecule has 0 spiro atoms. The predicted molar refractivity (Wildman–Crippen MR) is 105 cm³/mol. The lowest BCUT2D eigenvalue weighted by atomic mass is 10.1. The first kappa shape index (κ1) is 19.7. The summed E-state index contributed by atoms with van der Waals surface area (Å²) in [4.78, 5) is 36.6. The van der Waals surface area contributed by atoms with E-state index in [9.17, 15) is 14.4 Å². The fraction of sp³-hybridized carbons (Fsp3) is 0.105. The molecule has 28 heavy (non-hydrogen) atoms. The molecule has 4 amide bonds. The Morgan fingerprint density at radius 3 is 2.50 bits per heavy atom. The zero-order valence-corrected chi connectivity index (χ0v) is 16.0. The number of ether oxygens (including phenoxy) is 1. The van der Waals surface area contributed by atoms with Crippen LogP contribution in [0.2, 0.25) is 10.0 Å². The maximum absolute atomic E-state index is 12.6. The van der Waals surface area contributed by atoms with Gasteiger partial charge in [-0.05, 0) is 41.5 Å². The molecule has 2 aromatic carbocycles. The largest absolute Gasteiger partial charge is 0.484 e. The van der Waals surface area contributed by atoms with Crippen molar-refractivity contribution >= 4 is 47.1 Å². The van der Waals surface area contributed by atoms with Crippen LogP contribution in [0.5, 0.6) is 5.75 Å². The second kappa shape index (κ2) is 8.33. The van der Waals surface area contributed by atoms with E-state index in [4.69, 9.17) is 33.7 Å². The number of rotatable bonds is 6. The van der Waals surface area contributed by atoms with Crippen LogP contribution in [-0.4, -0.2) is 29.4 Å². The zero-order chi connectivity index (χ0) is 20.3. The van der Waals surface area contributed by atoms with Crippen LogP contribution in [0, 0.1) is 0 Å². The Labute approximate surface area is 170 Å². The first-order valence-corrected chi connectivity index (χ1v) is 8.89. The highest BCUT2D eigenvalue weighted by atomic mass is 35.5. The molecule has 1 fully saturated rings. The Morgan fingerprint density at radius 2 is 1.86 bits per heavy atom. The van der Waals surface area contributed by atoms with E-state index < -0.39 is 17.8 Å². The number of hydrogen-bond donors (Lipinski definition) is 2. The Morgan fingerprint density at radius 1 is 1.14 bits per heavy atom. The van der Waals surface area contributed by atoms with Crippen LogP contribution < -0.4 is 15.8 Å². The van der Waals surface area contributed by atoms with Gasteiger partial charge in [0, 0.05) is 10.0 Å². The van der Waals surface area contributed by atoms with E-state index in [2.05, 4.69) is 5.32 Å². The molecule has 0 radical (unpaired) electrons. The highest BCUT2D eigenvalue weighted by Gasteiger charge is 2.33. The van der Waals surface area contributed by atoms with E-state index in [0.717, 1.165) is 4.90 Å². The number of imide groups is 1. The molecule has 0 aliphatic carbocycles. The number of nitrogens with one attached hydrogen (secondary N) is 1. The molecular weight excluding hydrogens is 405 g/mol. The summed E-state index contributed by atoms with van der Waals surface area (Å²) in [6, 6.07) is 10.9. The SMILES string of the molecule is NC(=O)COc1ccc(/C=C2\NC(=O)N(Cc3ccc(Cl)cc3Cl)C2=O)cc1. The van der Waals surface area contributed by atoms with Gasteiger partial charge in [0.25, 0.3) is 11.8 Å². The second-order valence-electron chi connectivity index (χ2n) is 5.94. The van der Waals surface area contributed by atoms with Crippen molar-refractivity contribution < 1.29 is 19.1 Å². The Hall–Kier alpha value is -3.03. The van der Waals surface area contributed by atoms with Gasteiger partial charge in [0.15, 0.2) is 6.61 Å². The van der Waals surface area contributed by atoms with Gasteiger partial charge in [-0.15, -0.1) is 0 Å². The smallest absolute Gasteiger partial charge is 0.329 e. The van der Waals surface area contributed by atoms with Crippen LogP contribution in [0.15, 0.2) is 48.2 Å². The maximum atomic E-state index is 12.6. The van der Waals surface area contributed by atoms with E-state index in [1.807, 2.05) is 0 Å². The van der Waals surface area contributed by atoms with Gasteiger partial charge >= 0.3 is 6.03 Å². The fourth-order valence-corrected chi connectivity index (χ4v) is 2.99. The van der Waals surface area contributed by atoms with Crippen molar-refractivity contribution in [1.29, 1.82) is 0 Å². The van der Waals surface area contributed by atoms with Crippen molar-refractivity contribution in [2.24, 2.45) is 5.73 Å². The number of carbonyl (C=O) groups is 3. The minimum absolute atomic E-state index is 0.0257. The van der Waals surface area contributed by atoms with Gasteiger partial charge < -0.3 is 15.8 Å².